The number of hydrogen-bond acceptors (Lipinski definition) is 5. The number of nitrogens with one attached hydrogen (secondary N) is 1. The molecule has 0 aliphatic carbocycles. The maximum atomic E-state index is 11.9. The van der Waals surface area contributed by atoms with Gasteiger partial charge < -0.3 is 5.32 Å². The second kappa shape index (κ2) is 5.73. The summed E-state index contributed by atoms with van der Waals surface area (Å²) in [7, 11) is -5.56. The van der Waals surface area contributed by atoms with Crippen LogP contribution in [0.3, 0.4) is 0 Å². The lowest BCUT2D eigenvalue weighted by Crippen LogP contribution is -2.08. The highest BCUT2D eigenvalue weighted by atomic mass is 32.2. The van der Waals surface area contributed by atoms with E-state index in [1.165, 1.54) is 12.1 Å². The van der Waals surface area contributed by atoms with E-state index >= 15 is 0 Å². The SMILES string of the molecule is CNc1ccc(-c2c[c]c(S(C)(=O)=O)c(S(C)(=O)=O)c2)cc1. The van der Waals surface area contributed by atoms with Gasteiger partial charge in [0.25, 0.3) is 0 Å². The molecule has 1 radical (unpaired) electrons. The zero-order chi connectivity index (χ0) is 16.5. The molecule has 2 aromatic carbocycles. The quantitative estimate of drug-likeness (QED) is 0.922. The third-order valence-electron chi connectivity index (χ3n) is 3.15. The number of benzene rings is 2. The Morgan fingerprint density at radius 3 is 1.95 bits per heavy atom. The monoisotopic (exact) mass is 338 g/mol. The molecule has 1 N–H and O–H groups in total. The summed E-state index contributed by atoms with van der Waals surface area (Å²) in [5.74, 6) is 0. The van der Waals surface area contributed by atoms with Gasteiger partial charge in [0.05, 0.1) is 9.79 Å². The highest BCUT2D eigenvalue weighted by Gasteiger charge is 2.21. The van der Waals surface area contributed by atoms with Crippen LogP contribution in [0.5, 0.6) is 0 Å². The summed E-state index contributed by atoms with van der Waals surface area (Å²) < 4.78 is 47.2. The Hall–Kier alpha value is -1.86. The van der Waals surface area contributed by atoms with Crippen molar-refractivity contribution in [1.82, 2.24) is 0 Å². The van der Waals surface area contributed by atoms with Crippen LogP contribution < -0.4 is 5.32 Å². The number of hydrogen-bond donors (Lipinski definition) is 1. The Morgan fingerprint density at radius 2 is 1.50 bits per heavy atom. The molecule has 117 valence electrons. The summed E-state index contributed by atoms with van der Waals surface area (Å²) in [6.07, 6.45) is 1.95. The molecule has 0 heterocycles. The van der Waals surface area contributed by atoms with Crippen LogP contribution in [0.25, 0.3) is 11.1 Å². The molecule has 0 aliphatic heterocycles. The summed E-state index contributed by atoms with van der Waals surface area (Å²) in [5, 5.41) is 2.99. The van der Waals surface area contributed by atoms with Gasteiger partial charge in [-0.05, 0) is 35.4 Å². The van der Waals surface area contributed by atoms with Crippen LogP contribution in [0.1, 0.15) is 0 Å². The van der Waals surface area contributed by atoms with Crippen molar-refractivity contribution in [3.05, 3.63) is 42.5 Å². The van der Waals surface area contributed by atoms with Crippen molar-refractivity contribution in [2.45, 2.75) is 9.79 Å². The van der Waals surface area contributed by atoms with Crippen molar-refractivity contribution in [3.63, 3.8) is 0 Å². The molecule has 7 heteroatoms. The van der Waals surface area contributed by atoms with E-state index in [2.05, 4.69) is 11.4 Å². The van der Waals surface area contributed by atoms with Crippen molar-refractivity contribution in [1.29, 1.82) is 0 Å². The fraction of sp³-hybridized carbons (Fsp3) is 0.200. The maximum absolute atomic E-state index is 11.9. The molecule has 0 spiro atoms. The van der Waals surface area contributed by atoms with Gasteiger partial charge in [-0.15, -0.1) is 0 Å². The van der Waals surface area contributed by atoms with Gasteiger partial charge >= 0.3 is 0 Å². The van der Waals surface area contributed by atoms with Crippen LogP contribution in [0.2, 0.25) is 0 Å². The fourth-order valence-electron chi connectivity index (χ4n) is 2.02. The minimum Gasteiger partial charge on any atom is -0.388 e. The molecule has 0 bridgehead atoms. The van der Waals surface area contributed by atoms with Crippen molar-refractivity contribution in [3.8, 4) is 11.1 Å². The Balaban J connectivity index is 2.65. The minimum absolute atomic E-state index is 0.231. The molecule has 0 unspecified atom stereocenters. The maximum Gasteiger partial charge on any atom is 0.177 e. The molecule has 22 heavy (non-hydrogen) atoms. The van der Waals surface area contributed by atoms with Crippen molar-refractivity contribution >= 4 is 25.4 Å². The van der Waals surface area contributed by atoms with E-state index in [-0.39, 0.29) is 9.79 Å². The van der Waals surface area contributed by atoms with Crippen LogP contribution in [0.15, 0.2) is 46.2 Å². The predicted molar refractivity (Wildman–Crippen MR) is 86.5 cm³/mol. The van der Waals surface area contributed by atoms with Crippen molar-refractivity contribution in [2.75, 3.05) is 24.9 Å². The summed E-state index contributed by atoms with van der Waals surface area (Å²) in [6, 6.07) is 12.8. The van der Waals surface area contributed by atoms with E-state index in [1.807, 2.05) is 24.3 Å². The molecule has 0 aromatic heterocycles. The topological polar surface area (TPSA) is 80.3 Å². The summed E-state index contributed by atoms with van der Waals surface area (Å²) in [4.78, 5) is -0.532. The lowest BCUT2D eigenvalue weighted by atomic mass is 10.1. The molecule has 0 aliphatic rings. The van der Waals surface area contributed by atoms with Gasteiger partial charge in [0, 0.05) is 31.3 Å². The average Bonchev–Trinajstić information content (AvgIpc) is 2.45. The molecule has 5 nitrogen and oxygen atoms in total. The third-order valence-corrected chi connectivity index (χ3v) is 5.48. The molecule has 0 atom stereocenters. The first kappa shape index (κ1) is 16.5. The largest absolute Gasteiger partial charge is 0.388 e. The Kier molecular flexibility index (Phi) is 4.30. The predicted octanol–water partition coefficient (Wildman–Crippen LogP) is 2.00. The molecule has 2 rings (SSSR count). The minimum atomic E-state index is -3.68. The van der Waals surface area contributed by atoms with Crippen LogP contribution >= 0.6 is 0 Å². The zero-order valence-electron chi connectivity index (χ0n) is 12.4. The van der Waals surface area contributed by atoms with Crippen molar-refractivity contribution in [2.24, 2.45) is 0 Å². The average molecular weight is 338 g/mol. The van der Waals surface area contributed by atoms with E-state index in [9.17, 15) is 16.8 Å². The first-order chi connectivity index (χ1) is 10.1. The van der Waals surface area contributed by atoms with Crippen LogP contribution in [-0.2, 0) is 19.7 Å². The lowest BCUT2D eigenvalue weighted by Gasteiger charge is -2.09. The second-order valence-electron chi connectivity index (χ2n) is 4.95. The van der Waals surface area contributed by atoms with Crippen LogP contribution in [-0.4, -0.2) is 36.4 Å². The Labute approximate surface area is 130 Å². The Morgan fingerprint density at radius 1 is 0.909 bits per heavy atom. The Bertz CT molecular complexity index is 899. The highest BCUT2D eigenvalue weighted by molar-refractivity contribution is 7.93. The van der Waals surface area contributed by atoms with E-state index < -0.39 is 19.7 Å². The van der Waals surface area contributed by atoms with Gasteiger partial charge in [-0.3, -0.25) is 0 Å². The van der Waals surface area contributed by atoms with E-state index in [4.69, 9.17) is 0 Å². The van der Waals surface area contributed by atoms with Gasteiger partial charge in [0.2, 0.25) is 0 Å². The zero-order valence-corrected chi connectivity index (χ0v) is 14.0. The summed E-state index contributed by atoms with van der Waals surface area (Å²) in [6.45, 7) is 0. The van der Waals surface area contributed by atoms with Gasteiger partial charge in [-0.25, -0.2) is 16.8 Å². The lowest BCUT2D eigenvalue weighted by molar-refractivity contribution is 0.588. The standard InChI is InChI=1S/C15H16NO4S2/c1-16-13-7-4-11(5-8-13)12-6-9-14(21(2,17)18)15(10-12)22(3,19)20/h4-8,10,16H,1-3H3. The fourth-order valence-corrected chi connectivity index (χ4v) is 4.37. The first-order valence-electron chi connectivity index (χ1n) is 6.37. The summed E-state index contributed by atoms with van der Waals surface area (Å²) in [5.41, 5.74) is 2.29. The van der Waals surface area contributed by atoms with Gasteiger partial charge in [0.15, 0.2) is 19.7 Å². The summed E-state index contributed by atoms with van der Waals surface area (Å²) >= 11 is 0. The molecule has 0 fully saturated rings. The number of sulfone groups is 2. The van der Waals surface area contributed by atoms with Crippen LogP contribution in [0, 0.1) is 6.07 Å². The first-order valence-corrected chi connectivity index (χ1v) is 10.2. The highest BCUT2D eigenvalue weighted by Crippen LogP contribution is 2.28. The molecule has 0 saturated carbocycles. The molecular weight excluding hydrogens is 322 g/mol. The third kappa shape index (κ3) is 3.48. The van der Waals surface area contributed by atoms with E-state index in [0.29, 0.717) is 5.56 Å². The van der Waals surface area contributed by atoms with Crippen LogP contribution in [0.4, 0.5) is 5.69 Å². The van der Waals surface area contributed by atoms with Gasteiger partial charge in [0.1, 0.15) is 0 Å². The molecule has 0 amide bonds. The molecule has 0 saturated heterocycles. The van der Waals surface area contributed by atoms with Crippen molar-refractivity contribution < 1.29 is 16.8 Å². The number of anilines is 1. The van der Waals surface area contributed by atoms with Gasteiger partial charge in [-0.1, -0.05) is 12.1 Å². The van der Waals surface area contributed by atoms with E-state index in [0.717, 1.165) is 23.8 Å². The number of rotatable bonds is 4. The normalized spacial score (nSPS) is 12.1. The second-order valence-corrected chi connectivity index (χ2v) is 8.89. The van der Waals surface area contributed by atoms with E-state index in [1.54, 1.807) is 7.05 Å². The smallest absolute Gasteiger partial charge is 0.177 e. The molecule has 2 aromatic rings. The molecular formula is C15H16NO4S2. The van der Waals surface area contributed by atoms with Gasteiger partial charge in [-0.2, -0.15) is 0 Å².